The molecule has 0 spiro atoms. The maximum atomic E-state index is 2.70. The molecule has 1 atom stereocenters. The normalized spacial score (nSPS) is 8.70. The van der Waals surface area contributed by atoms with Gasteiger partial charge in [0.05, 0.1) is 0 Å². The zero-order chi connectivity index (χ0) is 6.85. The zero-order valence-corrected chi connectivity index (χ0v) is 6.96. The van der Waals surface area contributed by atoms with Gasteiger partial charge < -0.3 is 0 Å². The fourth-order valence-corrected chi connectivity index (χ4v) is 1.54. The molecule has 0 amide bonds. The van der Waals surface area contributed by atoms with E-state index in [0.29, 0.717) is 0 Å². The van der Waals surface area contributed by atoms with E-state index >= 15 is 0 Å². The molecule has 0 bridgehead atoms. The molecule has 0 saturated carbocycles. The molecular formula is C8H12KP. The van der Waals surface area contributed by atoms with Crippen LogP contribution in [0.3, 0.4) is 0 Å². The summed E-state index contributed by atoms with van der Waals surface area (Å²) in [4.78, 5) is 0. The molecule has 1 aromatic carbocycles. The van der Waals surface area contributed by atoms with Gasteiger partial charge in [-0.3, -0.25) is 0 Å². The van der Waals surface area contributed by atoms with Crippen molar-refractivity contribution in [1.82, 2.24) is 0 Å². The molecule has 2 heteroatoms. The molecule has 10 heavy (non-hydrogen) atoms. The van der Waals surface area contributed by atoms with Crippen molar-refractivity contribution in [2.45, 2.75) is 13.8 Å². The Labute approximate surface area is 107 Å². The number of benzene rings is 1. The standard InChI is InChI=1S/C8H11P.K.H/c1-6-3-7(2)5-8(9)4-6;;/h3-5H,9H2,1-2H3;;. The Kier molecular flexibility index (Phi) is 5.67. The molecule has 0 aliphatic rings. The predicted octanol–water partition coefficient (Wildman–Crippen LogP) is 1.16. The second-order valence-electron chi connectivity index (χ2n) is 2.42. The maximum absolute atomic E-state index is 2.70. The first kappa shape index (κ1) is 11.3. The minimum absolute atomic E-state index is 0. The Bertz CT molecular complexity index is 170. The van der Waals surface area contributed by atoms with Crippen molar-refractivity contribution < 1.29 is 0 Å². The number of aryl methyl sites for hydroxylation is 2. The van der Waals surface area contributed by atoms with E-state index < -0.39 is 0 Å². The van der Waals surface area contributed by atoms with Crippen LogP contribution in [-0.2, 0) is 0 Å². The third-order valence-corrected chi connectivity index (χ3v) is 1.58. The summed E-state index contributed by atoms with van der Waals surface area (Å²) in [6.45, 7) is 4.22. The minimum atomic E-state index is 0. The predicted molar refractivity (Wildman–Crippen MR) is 52.4 cm³/mol. The van der Waals surface area contributed by atoms with E-state index in [0.717, 1.165) is 0 Å². The van der Waals surface area contributed by atoms with Gasteiger partial charge in [-0.15, -0.1) is 9.24 Å². The molecule has 0 heterocycles. The SMILES string of the molecule is Cc1cc(C)cc(P)c1.[KH]. The van der Waals surface area contributed by atoms with Gasteiger partial charge in [0.2, 0.25) is 0 Å². The average molecular weight is 178 g/mol. The number of hydrogen-bond acceptors (Lipinski definition) is 0. The fraction of sp³-hybridized carbons (Fsp3) is 0.250. The molecule has 1 aromatic rings. The van der Waals surface area contributed by atoms with Gasteiger partial charge in [-0.2, -0.15) is 0 Å². The summed E-state index contributed by atoms with van der Waals surface area (Å²) in [7, 11) is 2.70. The third kappa shape index (κ3) is 3.61. The Morgan fingerprint density at radius 1 is 1.00 bits per heavy atom. The van der Waals surface area contributed by atoms with Crippen molar-refractivity contribution in [3.05, 3.63) is 29.3 Å². The van der Waals surface area contributed by atoms with Crippen LogP contribution in [0, 0.1) is 13.8 Å². The molecule has 1 rings (SSSR count). The van der Waals surface area contributed by atoms with Crippen LogP contribution in [0.15, 0.2) is 18.2 Å². The average Bonchev–Trinajstić information content (AvgIpc) is 1.59. The van der Waals surface area contributed by atoms with E-state index in [1.807, 2.05) is 0 Å². The van der Waals surface area contributed by atoms with Gasteiger partial charge in [-0.1, -0.05) is 29.3 Å². The quantitative estimate of drug-likeness (QED) is 0.413. The molecule has 1 unspecified atom stereocenters. The van der Waals surface area contributed by atoms with Crippen molar-refractivity contribution in [2.75, 3.05) is 0 Å². The number of hydrogen-bond donors (Lipinski definition) is 0. The van der Waals surface area contributed by atoms with Crippen molar-refractivity contribution in [3.8, 4) is 0 Å². The summed E-state index contributed by atoms with van der Waals surface area (Å²) in [6, 6.07) is 6.48. The van der Waals surface area contributed by atoms with Crippen LogP contribution in [0.1, 0.15) is 11.1 Å². The van der Waals surface area contributed by atoms with Crippen LogP contribution in [0.25, 0.3) is 0 Å². The van der Waals surface area contributed by atoms with Gasteiger partial charge in [0.25, 0.3) is 0 Å². The second-order valence-corrected chi connectivity index (χ2v) is 3.09. The molecule has 0 aliphatic heterocycles. The topological polar surface area (TPSA) is 0 Å². The molecule has 0 aliphatic carbocycles. The number of rotatable bonds is 0. The van der Waals surface area contributed by atoms with E-state index in [2.05, 4.69) is 41.3 Å². The molecule has 0 N–H and O–H groups in total. The Hall–Kier alpha value is 1.29. The summed E-state index contributed by atoms with van der Waals surface area (Å²) in [5.74, 6) is 0. The van der Waals surface area contributed by atoms with Crippen molar-refractivity contribution in [3.63, 3.8) is 0 Å². The summed E-state index contributed by atoms with van der Waals surface area (Å²) >= 11 is 0. The van der Waals surface area contributed by atoms with E-state index in [1.165, 1.54) is 16.4 Å². The molecule has 0 aromatic heterocycles. The van der Waals surface area contributed by atoms with Crippen LogP contribution in [0.4, 0.5) is 0 Å². The van der Waals surface area contributed by atoms with Gasteiger partial charge in [-0.25, -0.2) is 0 Å². The van der Waals surface area contributed by atoms with Gasteiger partial charge in [0.1, 0.15) is 0 Å². The molecule has 0 radical (unpaired) electrons. The first-order valence-corrected chi connectivity index (χ1v) is 3.60. The van der Waals surface area contributed by atoms with Gasteiger partial charge >= 0.3 is 51.4 Å². The van der Waals surface area contributed by atoms with Gasteiger partial charge in [-0.05, 0) is 19.2 Å². The summed E-state index contributed by atoms with van der Waals surface area (Å²) in [5.41, 5.74) is 2.67. The summed E-state index contributed by atoms with van der Waals surface area (Å²) < 4.78 is 0. The third-order valence-electron chi connectivity index (χ3n) is 1.24. The van der Waals surface area contributed by atoms with Gasteiger partial charge in [0.15, 0.2) is 0 Å². The van der Waals surface area contributed by atoms with E-state index in [4.69, 9.17) is 0 Å². The Morgan fingerprint density at radius 2 is 1.40 bits per heavy atom. The van der Waals surface area contributed by atoms with Gasteiger partial charge in [0, 0.05) is 0 Å². The van der Waals surface area contributed by atoms with E-state index in [1.54, 1.807) is 0 Å². The summed E-state index contributed by atoms with van der Waals surface area (Å²) in [6.07, 6.45) is 0. The molecule has 50 valence electrons. The monoisotopic (exact) mass is 178 g/mol. The van der Waals surface area contributed by atoms with E-state index in [-0.39, 0.29) is 51.4 Å². The van der Waals surface area contributed by atoms with Crippen molar-refractivity contribution in [1.29, 1.82) is 0 Å². The van der Waals surface area contributed by atoms with Crippen molar-refractivity contribution >= 4 is 65.9 Å². The van der Waals surface area contributed by atoms with Crippen LogP contribution in [-0.4, -0.2) is 51.4 Å². The van der Waals surface area contributed by atoms with Crippen molar-refractivity contribution in [2.24, 2.45) is 0 Å². The first-order chi connectivity index (χ1) is 4.18. The molecule has 0 nitrogen and oxygen atoms in total. The summed E-state index contributed by atoms with van der Waals surface area (Å²) in [5, 5.41) is 1.27. The fourth-order valence-electron chi connectivity index (χ4n) is 1.01. The van der Waals surface area contributed by atoms with Crippen LogP contribution in [0.5, 0.6) is 0 Å². The molecule has 0 fully saturated rings. The first-order valence-electron chi connectivity index (χ1n) is 3.02. The zero-order valence-electron chi connectivity index (χ0n) is 5.81. The van der Waals surface area contributed by atoms with Crippen LogP contribution >= 0.6 is 9.24 Å². The molecule has 0 saturated heterocycles. The van der Waals surface area contributed by atoms with Crippen LogP contribution < -0.4 is 5.30 Å². The molecular weight excluding hydrogens is 166 g/mol. The Morgan fingerprint density at radius 3 is 1.70 bits per heavy atom. The second kappa shape index (κ2) is 5.03. The Balaban J connectivity index is 0.000000810. The van der Waals surface area contributed by atoms with E-state index in [9.17, 15) is 0 Å². The van der Waals surface area contributed by atoms with Crippen LogP contribution in [0.2, 0.25) is 0 Å².